The maximum atomic E-state index is 11.7. The number of carbonyl (C=O) groups is 1. The molecule has 86 valence electrons. The minimum atomic E-state index is -0.361. The Morgan fingerprint density at radius 3 is 2.80 bits per heavy atom. The van der Waals surface area contributed by atoms with Gasteiger partial charge < -0.3 is 15.7 Å². The van der Waals surface area contributed by atoms with E-state index in [9.17, 15) is 9.90 Å². The van der Waals surface area contributed by atoms with Gasteiger partial charge in [-0.25, -0.2) is 0 Å². The van der Waals surface area contributed by atoms with E-state index in [4.69, 9.17) is 0 Å². The topological polar surface area (TPSA) is 61.4 Å². The van der Waals surface area contributed by atoms with Gasteiger partial charge in [0.05, 0.1) is 12.1 Å². The van der Waals surface area contributed by atoms with E-state index in [-0.39, 0.29) is 18.1 Å². The summed E-state index contributed by atoms with van der Waals surface area (Å²) in [4.78, 5) is 11.7. The molecule has 4 nitrogen and oxygen atoms in total. The molecule has 0 unspecified atom stereocenters. The lowest BCUT2D eigenvalue weighted by molar-refractivity contribution is -0.123. The van der Waals surface area contributed by atoms with Gasteiger partial charge in [-0.3, -0.25) is 4.79 Å². The zero-order valence-corrected chi connectivity index (χ0v) is 9.25. The maximum Gasteiger partial charge on any atom is 0.237 e. The van der Waals surface area contributed by atoms with Gasteiger partial charge in [0.25, 0.3) is 0 Å². The molecule has 0 radical (unpaired) electrons. The molecule has 4 heteroatoms. The van der Waals surface area contributed by atoms with Crippen LogP contribution in [0.5, 0.6) is 0 Å². The van der Waals surface area contributed by atoms with Gasteiger partial charge in [-0.15, -0.1) is 0 Å². The van der Waals surface area contributed by atoms with Crippen molar-refractivity contribution >= 4 is 5.91 Å². The minimum absolute atomic E-state index is 0.0414. The van der Waals surface area contributed by atoms with Crippen LogP contribution >= 0.6 is 0 Å². The van der Waals surface area contributed by atoms with Gasteiger partial charge >= 0.3 is 0 Å². The van der Waals surface area contributed by atoms with E-state index < -0.39 is 0 Å². The molecule has 1 heterocycles. The van der Waals surface area contributed by atoms with Crippen LogP contribution in [0.4, 0.5) is 0 Å². The van der Waals surface area contributed by atoms with E-state index >= 15 is 0 Å². The fourth-order valence-corrected chi connectivity index (χ4v) is 2.30. The number of carbonyl (C=O) groups excluding carboxylic acids is 1. The normalized spacial score (nSPS) is 33.5. The predicted octanol–water partition coefficient (Wildman–Crippen LogP) is 0.0156. The third-order valence-corrected chi connectivity index (χ3v) is 3.67. The van der Waals surface area contributed by atoms with Crippen molar-refractivity contribution in [3.8, 4) is 0 Å². The van der Waals surface area contributed by atoms with Crippen LogP contribution in [0.2, 0.25) is 0 Å². The first-order valence-electron chi connectivity index (χ1n) is 5.78. The van der Waals surface area contributed by atoms with Crippen LogP contribution in [0.1, 0.15) is 32.6 Å². The van der Waals surface area contributed by atoms with Gasteiger partial charge in [-0.2, -0.15) is 0 Å². The highest BCUT2D eigenvalue weighted by Gasteiger charge is 2.34. The van der Waals surface area contributed by atoms with Crippen molar-refractivity contribution in [1.82, 2.24) is 10.6 Å². The van der Waals surface area contributed by atoms with E-state index in [1.165, 1.54) is 19.3 Å². The summed E-state index contributed by atoms with van der Waals surface area (Å²) in [6, 6.07) is -0.191. The van der Waals surface area contributed by atoms with Gasteiger partial charge in [-0.05, 0) is 24.7 Å². The summed E-state index contributed by atoms with van der Waals surface area (Å²) in [5.74, 6) is 0.0414. The lowest BCUT2D eigenvalue weighted by Gasteiger charge is -2.38. The van der Waals surface area contributed by atoms with E-state index in [1.807, 2.05) is 0 Å². The summed E-state index contributed by atoms with van der Waals surface area (Å²) in [6.07, 6.45) is 3.90. The highest BCUT2D eigenvalue weighted by molar-refractivity contribution is 5.82. The Kier molecular flexibility index (Phi) is 2.98. The van der Waals surface area contributed by atoms with Crippen molar-refractivity contribution in [2.75, 3.05) is 13.1 Å². The van der Waals surface area contributed by atoms with Crippen molar-refractivity contribution in [2.45, 2.75) is 44.8 Å². The van der Waals surface area contributed by atoms with Crippen LogP contribution in [0.15, 0.2) is 0 Å². The summed E-state index contributed by atoms with van der Waals surface area (Å²) in [6.45, 7) is 3.53. The van der Waals surface area contributed by atoms with E-state index in [0.29, 0.717) is 18.4 Å². The Morgan fingerprint density at radius 2 is 2.33 bits per heavy atom. The molecule has 0 bridgehead atoms. The van der Waals surface area contributed by atoms with Crippen molar-refractivity contribution in [2.24, 2.45) is 5.41 Å². The molecule has 2 aliphatic rings. The molecule has 0 spiro atoms. The summed E-state index contributed by atoms with van der Waals surface area (Å²) in [5.41, 5.74) is 0.326. The second kappa shape index (κ2) is 4.10. The lowest BCUT2D eigenvalue weighted by Crippen LogP contribution is -2.46. The average Bonchev–Trinajstić information content (AvgIpc) is 2.58. The van der Waals surface area contributed by atoms with E-state index in [0.717, 1.165) is 6.54 Å². The number of nitrogens with one attached hydrogen (secondary N) is 2. The molecule has 2 rings (SSSR count). The number of rotatable bonds is 3. The molecular weight excluding hydrogens is 192 g/mol. The monoisotopic (exact) mass is 212 g/mol. The quantitative estimate of drug-likeness (QED) is 0.618. The average molecular weight is 212 g/mol. The molecule has 0 aromatic rings. The number of aliphatic hydroxyl groups excluding tert-OH is 1. The van der Waals surface area contributed by atoms with Gasteiger partial charge in [-0.1, -0.05) is 13.3 Å². The lowest BCUT2D eigenvalue weighted by atomic mass is 9.70. The first-order chi connectivity index (χ1) is 7.09. The third-order valence-electron chi connectivity index (χ3n) is 3.67. The molecule has 2 fully saturated rings. The zero-order chi connectivity index (χ0) is 10.9. The van der Waals surface area contributed by atoms with Gasteiger partial charge in [0.1, 0.15) is 0 Å². The zero-order valence-electron chi connectivity index (χ0n) is 9.25. The number of hydrogen-bond acceptors (Lipinski definition) is 3. The van der Waals surface area contributed by atoms with E-state index in [2.05, 4.69) is 17.6 Å². The predicted molar refractivity (Wildman–Crippen MR) is 57.4 cm³/mol. The van der Waals surface area contributed by atoms with Crippen LogP contribution in [0.3, 0.4) is 0 Å². The van der Waals surface area contributed by atoms with Gasteiger partial charge in [0, 0.05) is 13.1 Å². The van der Waals surface area contributed by atoms with E-state index in [1.54, 1.807) is 0 Å². The maximum absolute atomic E-state index is 11.7. The van der Waals surface area contributed by atoms with Gasteiger partial charge in [0.15, 0.2) is 0 Å². The molecule has 1 saturated heterocycles. The van der Waals surface area contributed by atoms with Crippen molar-refractivity contribution in [3.05, 3.63) is 0 Å². The second-order valence-corrected chi connectivity index (χ2v) is 5.23. The fraction of sp³-hybridized carbons (Fsp3) is 0.909. The third kappa shape index (κ3) is 2.49. The summed E-state index contributed by atoms with van der Waals surface area (Å²) < 4.78 is 0. The molecular formula is C11H20N2O2. The summed E-state index contributed by atoms with van der Waals surface area (Å²) in [7, 11) is 0. The molecule has 2 atom stereocenters. The molecule has 3 N–H and O–H groups in total. The second-order valence-electron chi connectivity index (χ2n) is 5.23. The largest absolute Gasteiger partial charge is 0.392 e. The Morgan fingerprint density at radius 1 is 1.60 bits per heavy atom. The summed E-state index contributed by atoms with van der Waals surface area (Å²) in [5, 5.41) is 15.3. The van der Waals surface area contributed by atoms with Crippen LogP contribution in [-0.4, -0.2) is 36.2 Å². The number of hydrogen-bond donors (Lipinski definition) is 3. The van der Waals surface area contributed by atoms with Gasteiger partial charge in [0.2, 0.25) is 5.91 Å². The molecule has 15 heavy (non-hydrogen) atoms. The Labute approximate surface area is 90.4 Å². The number of β-amino-alcohol motifs (C(OH)–C–C–N with tert-alkyl or cyclic N) is 1. The highest BCUT2D eigenvalue weighted by Crippen LogP contribution is 2.39. The molecule has 1 amide bonds. The SMILES string of the molecule is CC1(CNC(=O)[C@H]2C[C@@H](O)CN2)CCC1. The van der Waals surface area contributed by atoms with Crippen molar-refractivity contribution in [3.63, 3.8) is 0 Å². The standard InChI is InChI=1S/C11H20N2O2/c1-11(3-2-4-11)7-13-10(15)9-5-8(14)6-12-9/h8-9,12,14H,2-7H2,1H3,(H,13,15)/t8-,9-/m1/s1. The summed E-state index contributed by atoms with van der Waals surface area (Å²) >= 11 is 0. The molecule has 1 aliphatic carbocycles. The van der Waals surface area contributed by atoms with Crippen LogP contribution in [-0.2, 0) is 4.79 Å². The van der Waals surface area contributed by atoms with Crippen LogP contribution < -0.4 is 10.6 Å². The fourth-order valence-electron chi connectivity index (χ4n) is 2.30. The highest BCUT2D eigenvalue weighted by atomic mass is 16.3. The number of aliphatic hydroxyl groups is 1. The first-order valence-corrected chi connectivity index (χ1v) is 5.78. The van der Waals surface area contributed by atoms with Crippen molar-refractivity contribution in [1.29, 1.82) is 0 Å². The Bertz CT molecular complexity index is 251. The smallest absolute Gasteiger partial charge is 0.237 e. The molecule has 0 aromatic carbocycles. The molecule has 0 aromatic heterocycles. The number of amides is 1. The molecule has 1 saturated carbocycles. The van der Waals surface area contributed by atoms with Crippen LogP contribution in [0.25, 0.3) is 0 Å². The van der Waals surface area contributed by atoms with Crippen LogP contribution in [0, 0.1) is 5.41 Å². The Balaban J connectivity index is 1.72. The molecule has 1 aliphatic heterocycles. The Hall–Kier alpha value is -0.610. The first kappa shape index (κ1) is 10.9. The minimum Gasteiger partial charge on any atom is -0.392 e. The van der Waals surface area contributed by atoms with Crippen molar-refractivity contribution < 1.29 is 9.90 Å².